The number of nitrogens with one attached hydrogen (secondary N) is 1. The molecule has 2 heterocycles. The quantitative estimate of drug-likeness (QED) is 0.509. The van der Waals surface area contributed by atoms with Gasteiger partial charge in [0.05, 0.1) is 18.2 Å². The zero-order valence-corrected chi connectivity index (χ0v) is 16.5. The highest BCUT2D eigenvalue weighted by atomic mass is 16.4. The van der Waals surface area contributed by atoms with Crippen molar-refractivity contribution in [1.29, 1.82) is 0 Å². The SMILES string of the molecule is CC(C)CC(C(=O)O)C(Cc1ccc(-c2ccc(CO)cc2)nc1)c1nn[nH]n1. The van der Waals surface area contributed by atoms with Gasteiger partial charge in [-0.15, -0.1) is 10.2 Å². The Morgan fingerprint density at radius 1 is 1.10 bits per heavy atom. The summed E-state index contributed by atoms with van der Waals surface area (Å²) in [5.74, 6) is -1.24. The Kier molecular flexibility index (Phi) is 6.66. The summed E-state index contributed by atoms with van der Waals surface area (Å²) in [6.07, 6.45) is 2.74. The van der Waals surface area contributed by atoms with Gasteiger partial charge in [0.2, 0.25) is 0 Å². The van der Waals surface area contributed by atoms with Crippen LogP contribution in [0.5, 0.6) is 0 Å². The second-order valence-corrected chi connectivity index (χ2v) is 7.56. The fourth-order valence-electron chi connectivity index (χ4n) is 3.44. The smallest absolute Gasteiger partial charge is 0.307 e. The summed E-state index contributed by atoms with van der Waals surface area (Å²) in [6, 6.07) is 11.4. The summed E-state index contributed by atoms with van der Waals surface area (Å²) < 4.78 is 0. The van der Waals surface area contributed by atoms with Crippen LogP contribution in [0.4, 0.5) is 0 Å². The Labute approximate surface area is 169 Å². The molecule has 2 unspecified atom stereocenters. The van der Waals surface area contributed by atoms with E-state index < -0.39 is 17.8 Å². The molecule has 0 fully saturated rings. The van der Waals surface area contributed by atoms with Crippen molar-refractivity contribution >= 4 is 5.97 Å². The largest absolute Gasteiger partial charge is 0.481 e. The number of rotatable bonds is 9. The van der Waals surface area contributed by atoms with Crippen LogP contribution in [0, 0.1) is 11.8 Å². The molecule has 0 aliphatic rings. The van der Waals surface area contributed by atoms with Gasteiger partial charge in [-0.3, -0.25) is 9.78 Å². The van der Waals surface area contributed by atoms with Crippen molar-refractivity contribution in [2.45, 2.75) is 39.2 Å². The summed E-state index contributed by atoms with van der Waals surface area (Å²) in [6.45, 7) is 4.01. The van der Waals surface area contributed by atoms with Gasteiger partial charge in [0.25, 0.3) is 0 Å². The summed E-state index contributed by atoms with van der Waals surface area (Å²) in [5.41, 5.74) is 3.52. The van der Waals surface area contributed by atoms with E-state index in [2.05, 4.69) is 25.6 Å². The number of tetrazole rings is 1. The number of benzene rings is 1. The zero-order chi connectivity index (χ0) is 20.8. The average molecular weight is 395 g/mol. The van der Waals surface area contributed by atoms with Crippen LogP contribution in [0.1, 0.15) is 43.1 Å². The number of hydrogen-bond donors (Lipinski definition) is 3. The van der Waals surface area contributed by atoms with E-state index in [4.69, 9.17) is 5.11 Å². The summed E-state index contributed by atoms with van der Waals surface area (Å²) >= 11 is 0. The lowest BCUT2D eigenvalue weighted by molar-refractivity contribution is -0.143. The van der Waals surface area contributed by atoms with Gasteiger partial charge in [-0.1, -0.05) is 49.4 Å². The fraction of sp³-hybridized carbons (Fsp3) is 0.381. The Bertz CT molecular complexity index is 909. The minimum atomic E-state index is -0.859. The van der Waals surface area contributed by atoms with E-state index in [1.54, 1.807) is 6.20 Å². The number of carboxylic acids is 1. The number of hydrogen-bond acceptors (Lipinski definition) is 6. The van der Waals surface area contributed by atoms with E-state index >= 15 is 0 Å². The van der Waals surface area contributed by atoms with E-state index in [9.17, 15) is 9.90 Å². The molecule has 0 bridgehead atoms. The molecule has 29 heavy (non-hydrogen) atoms. The Balaban J connectivity index is 1.82. The Morgan fingerprint density at radius 2 is 1.83 bits per heavy atom. The van der Waals surface area contributed by atoms with Crippen LogP contribution >= 0.6 is 0 Å². The number of carbonyl (C=O) groups is 1. The molecule has 2 aromatic heterocycles. The van der Waals surface area contributed by atoms with E-state index in [1.807, 2.05) is 50.2 Å². The maximum absolute atomic E-state index is 11.9. The number of aliphatic carboxylic acids is 1. The molecule has 0 spiro atoms. The molecule has 3 rings (SSSR count). The monoisotopic (exact) mass is 395 g/mol. The van der Waals surface area contributed by atoms with Gasteiger partial charge in [-0.25, -0.2) is 0 Å². The third-order valence-electron chi connectivity index (χ3n) is 4.93. The number of aliphatic hydroxyl groups is 1. The van der Waals surface area contributed by atoms with Gasteiger partial charge in [-0.2, -0.15) is 5.21 Å². The summed E-state index contributed by atoms with van der Waals surface area (Å²) in [5, 5.41) is 33.1. The topological polar surface area (TPSA) is 125 Å². The maximum atomic E-state index is 11.9. The Morgan fingerprint density at radius 3 is 2.34 bits per heavy atom. The van der Waals surface area contributed by atoms with Crippen molar-refractivity contribution in [3.8, 4) is 11.3 Å². The summed E-state index contributed by atoms with van der Waals surface area (Å²) in [4.78, 5) is 16.5. The van der Waals surface area contributed by atoms with Gasteiger partial charge in [0.1, 0.15) is 0 Å². The first-order valence-electron chi connectivity index (χ1n) is 9.59. The molecular weight excluding hydrogens is 370 g/mol. The predicted molar refractivity (Wildman–Crippen MR) is 107 cm³/mol. The van der Waals surface area contributed by atoms with Crippen molar-refractivity contribution in [2.75, 3.05) is 0 Å². The van der Waals surface area contributed by atoms with Crippen molar-refractivity contribution in [2.24, 2.45) is 11.8 Å². The number of pyridine rings is 1. The molecule has 152 valence electrons. The number of nitrogens with zero attached hydrogens (tertiary/aromatic N) is 4. The molecule has 0 saturated heterocycles. The second-order valence-electron chi connectivity index (χ2n) is 7.56. The molecule has 8 heteroatoms. The first-order valence-corrected chi connectivity index (χ1v) is 9.59. The number of aromatic amines is 1. The fourth-order valence-corrected chi connectivity index (χ4v) is 3.44. The normalized spacial score (nSPS) is 13.4. The second kappa shape index (κ2) is 9.38. The maximum Gasteiger partial charge on any atom is 0.307 e. The highest BCUT2D eigenvalue weighted by Gasteiger charge is 2.33. The minimum Gasteiger partial charge on any atom is -0.481 e. The average Bonchev–Trinajstić information content (AvgIpc) is 3.25. The van der Waals surface area contributed by atoms with Crippen molar-refractivity contribution in [1.82, 2.24) is 25.6 Å². The van der Waals surface area contributed by atoms with Crippen LogP contribution in [0.15, 0.2) is 42.6 Å². The van der Waals surface area contributed by atoms with E-state index in [0.29, 0.717) is 18.7 Å². The molecule has 3 N–H and O–H groups in total. The van der Waals surface area contributed by atoms with Gasteiger partial charge in [-0.05, 0) is 36.0 Å². The lowest BCUT2D eigenvalue weighted by atomic mass is 9.81. The predicted octanol–water partition coefficient (Wildman–Crippen LogP) is 2.83. The van der Waals surface area contributed by atoms with Gasteiger partial charge in [0, 0.05) is 17.7 Å². The number of aliphatic hydroxyl groups excluding tert-OH is 1. The molecule has 0 amide bonds. The molecular formula is C21H25N5O3. The number of aromatic nitrogens is 5. The van der Waals surface area contributed by atoms with Gasteiger partial charge < -0.3 is 10.2 Å². The highest BCUT2D eigenvalue weighted by Crippen LogP contribution is 2.31. The standard InChI is InChI=1S/C21H25N5O3/c1-13(2)9-18(21(28)29)17(20-23-25-26-24-20)10-15-5-8-19(22-11-15)16-6-3-14(12-27)4-7-16/h3-8,11,13,17-18,27H,9-10,12H2,1-2H3,(H,28,29)(H,23,24,25,26). The van der Waals surface area contributed by atoms with Crippen LogP contribution in [-0.2, 0) is 17.8 Å². The van der Waals surface area contributed by atoms with Crippen LogP contribution < -0.4 is 0 Å². The molecule has 0 radical (unpaired) electrons. The molecule has 0 aliphatic heterocycles. The molecule has 0 aliphatic carbocycles. The highest BCUT2D eigenvalue weighted by molar-refractivity contribution is 5.71. The van der Waals surface area contributed by atoms with Gasteiger partial charge in [0.15, 0.2) is 5.82 Å². The van der Waals surface area contributed by atoms with Crippen LogP contribution in [0.3, 0.4) is 0 Å². The van der Waals surface area contributed by atoms with E-state index in [1.165, 1.54) is 0 Å². The lowest BCUT2D eigenvalue weighted by Gasteiger charge is -2.23. The third-order valence-corrected chi connectivity index (χ3v) is 4.93. The molecule has 0 saturated carbocycles. The van der Waals surface area contributed by atoms with E-state index in [0.717, 1.165) is 22.4 Å². The molecule has 8 nitrogen and oxygen atoms in total. The zero-order valence-electron chi connectivity index (χ0n) is 16.5. The minimum absolute atomic E-state index is 0.00520. The van der Waals surface area contributed by atoms with Crippen LogP contribution in [0.25, 0.3) is 11.3 Å². The van der Waals surface area contributed by atoms with Crippen molar-refractivity contribution < 1.29 is 15.0 Å². The third kappa shape index (κ3) is 5.23. The van der Waals surface area contributed by atoms with Gasteiger partial charge >= 0.3 is 5.97 Å². The van der Waals surface area contributed by atoms with Crippen molar-refractivity contribution in [3.63, 3.8) is 0 Å². The molecule has 1 aromatic carbocycles. The first-order chi connectivity index (χ1) is 14.0. The summed E-state index contributed by atoms with van der Waals surface area (Å²) in [7, 11) is 0. The van der Waals surface area contributed by atoms with Crippen LogP contribution in [0.2, 0.25) is 0 Å². The number of H-pyrrole nitrogens is 1. The molecule has 2 atom stereocenters. The lowest BCUT2D eigenvalue weighted by Crippen LogP contribution is -2.26. The first kappa shape index (κ1) is 20.6. The van der Waals surface area contributed by atoms with Crippen LogP contribution in [-0.4, -0.2) is 41.8 Å². The van der Waals surface area contributed by atoms with E-state index in [-0.39, 0.29) is 12.5 Å². The van der Waals surface area contributed by atoms with Crippen molar-refractivity contribution in [3.05, 3.63) is 59.5 Å². The Hall–Kier alpha value is -3.13. The molecule has 3 aromatic rings. The number of carboxylic acid groups (broad SMARTS) is 1.